The number of nitrogens with zero attached hydrogens (tertiary/aromatic N) is 1. The Morgan fingerprint density at radius 2 is 1.90 bits per heavy atom. The second-order valence-electron chi connectivity index (χ2n) is 4.81. The third kappa shape index (κ3) is 2.39. The number of benzene rings is 1. The molecule has 1 unspecified atom stereocenters. The highest BCUT2D eigenvalue weighted by atomic mass is 35.5. The number of aliphatic hydroxyl groups excluding tert-OH is 3. The van der Waals surface area contributed by atoms with E-state index in [9.17, 15) is 10.2 Å². The minimum atomic E-state index is -1.22. The van der Waals surface area contributed by atoms with E-state index in [2.05, 4.69) is 4.98 Å². The normalized spacial score (nSPS) is 29.4. The van der Waals surface area contributed by atoms with Crippen LogP contribution in [-0.4, -0.2) is 49.8 Å². The number of hydrogen-bond acceptors (Lipinski definition) is 5. The smallest absolute Gasteiger partial charge is 0.180 e. The molecule has 4 atom stereocenters. The highest BCUT2D eigenvalue weighted by Gasteiger charge is 2.44. The first-order valence-corrected chi connectivity index (χ1v) is 7.32. The number of H-pyrrole nitrogens is 1. The average Bonchev–Trinajstić information content (AvgIpc) is 2.89. The maximum atomic E-state index is 10.1. The van der Waals surface area contributed by atoms with Gasteiger partial charge in [0.05, 0.1) is 27.7 Å². The van der Waals surface area contributed by atoms with E-state index in [1.165, 1.54) is 4.57 Å². The molecule has 1 fully saturated rings. The number of halogens is 2. The largest absolute Gasteiger partial charge is 0.394 e. The molecular weight excluding hydrogens is 339 g/mol. The van der Waals surface area contributed by atoms with Crippen LogP contribution in [-0.2, 0) is 4.74 Å². The Kier molecular flexibility index (Phi) is 4.00. The van der Waals surface area contributed by atoms with E-state index < -0.39 is 31.1 Å². The Hall–Kier alpha value is -0.670. The third-order valence-corrected chi connectivity index (χ3v) is 4.55. The number of imidazole rings is 1. The summed E-state index contributed by atoms with van der Waals surface area (Å²) in [7, 11) is 0. The molecule has 1 aromatic carbocycles. The zero-order valence-electron chi connectivity index (χ0n) is 10.5. The van der Waals surface area contributed by atoms with E-state index in [1.54, 1.807) is 12.1 Å². The van der Waals surface area contributed by atoms with Gasteiger partial charge in [0, 0.05) is 0 Å². The molecule has 4 N–H and O–H groups in total. The molecule has 0 bridgehead atoms. The van der Waals surface area contributed by atoms with Crippen LogP contribution in [0.2, 0.25) is 10.0 Å². The van der Waals surface area contributed by atoms with Gasteiger partial charge >= 0.3 is 0 Å². The summed E-state index contributed by atoms with van der Waals surface area (Å²) in [5, 5.41) is 29.8. The van der Waals surface area contributed by atoms with Crippen molar-refractivity contribution in [2.45, 2.75) is 24.5 Å². The molecule has 0 radical (unpaired) electrons. The fraction of sp³-hybridized carbons (Fsp3) is 0.417. The Bertz CT molecular complexity index is 747. The van der Waals surface area contributed by atoms with Gasteiger partial charge in [-0.1, -0.05) is 23.2 Å². The molecule has 1 saturated heterocycles. The Morgan fingerprint density at radius 3 is 2.52 bits per heavy atom. The molecule has 114 valence electrons. The van der Waals surface area contributed by atoms with Crippen LogP contribution in [0.1, 0.15) is 6.23 Å². The highest BCUT2D eigenvalue weighted by Crippen LogP contribution is 2.34. The number of nitrogens with one attached hydrogen (secondary N) is 1. The van der Waals surface area contributed by atoms with Gasteiger partial charge in [-0.05, 0) is 24.4 Å². The minimum absolute atomic E-state index is 0.290. The summed E-state index contributed by atoms with van der Waals surface area (Å²) in [5.74, 6) is 0. The van der Waals surface area contributed by atoms with Crippen molar-refractivity contribution in [1.82, 2.24) is 9.55 Å². The summed E-state index contributed by atoms with van der Waals surface area (Å²) >= 11 is 17.2. The fourth-order valence-corrected chi connectivity index (χ4v) is 3.10. The van der Waals surface area contributed by atoms with Gasteiger partial charge in [0.1, 0.15) is 18.3 Å². The first kappa shape index (κ1) is 15.2. The van der Waals surface area contributed by atoms with Crippen LogP contribution in [0.25, 0.3) is 11.0 Å². The Labute approximate surface area is 134 Å². The predicted molar refractivity (Wildman–Crippen MR) is 80.2 cm³/mol. The van der Waals surface area contributed by atoms with Crippen LogP contribution in [0.15, 0.2) is 12.1 Å². The standard InChI is InChI=1S/C12H12Cl2N2O4S/c13-4-1-6-7(2-5(4)14)16(12(21)15-6)11-10(19)9(18)8(3-17)20-11/h1-2,8-11,17-19H,3H2,(H,15,21)/t8-,9+,10+,11?/m1/s1. The molecule has 0 amide bonds. The lowest BCUT2D eigenvalue weighted by molar-refractivity contribution is -0.0514. The van der Waals surface area contributed by atoms with Crippen LogP contribution >= 0.6 is 35.4 Å². The van der Waals surface area contributed by atoms with Crippen LogP contribution in [0.4, 0.5) is 0 Å². The molecule has 9 heteroatoms. The Morgan fingerprint density at radius 1 is 1.24 bits per heavy atom. The fourth-order valence-electron chi connectivity index (χ4n) is 2.47. The first-order chi connectivity index (χ1) is 9.93. The lowest BCUT2D eigenvalue weighted by Gasteiger charge is -2.17. The van der Waals surface area contributed by atoms with Gasteiger partial charge in [0.2, 0.25) is 0 Å². The summed E-state index contributed by atoms with van der Waals surface area (Å²) in [4.78, 5) is 2.94. The van der Waals surface area contributed by atoms with E-state index in [0.717, 1.165) is 0 Å². The van der Waals surface area contributed by atoms with Crippen molar-refractivity contribution in [2.75, 3.05) is 6.61 Å². The molecule has 1 aromatic heterocycles. The quantitative estimate of drug-likeness (QED) is 0.618. The molecule has 0 saturated carbocycles. The number of aromatic amines is 1. The van der Waals surface area contributed by atoms with Crippen molar-refractivity contribution in [3.05, 3.63) is 26.9 Å². The Balaban J connectivity index is 2.15. The zero-order chi connectivity index (χ0) is 15.3. The first-order valence-electron chi connectivity index (χ1n) is 6.15. The van der Waals surface area contributed by atoms with Crippen molar-refractivity contribution in [3.8, 4) is 0 Å². The van der Waals surface area contributed by atoms with Crippen LogP contribution in [0.5, 0.6) is 0 Å². The number of hydrogen-bond donors (Lipinski definition) is 4. The van der Waals surface area contributed by atoms with Gasteiger partial charge in [-0.15, -0.1) is 0 Å². The van der Waals surface area contributed by atoms with Crippen molar-refractivity contribution in [3.63, 3.8) is 0 Å². The molecule has 0 aliphatic carbocycles. The van der Waals surface area contributed by atoms with Crippen molar-refractivity contribution >= 4 is 46.5 Å². The second-order valence-corrected chi connectivity index (χ2v) is 6.01. The SMILES string of the molecule is OC[C@H]1OC(n2c(=S)[nH]c3cc(Cl)c(Cl)cc32)[C@@H](O)[C@H]1O. The number of aromatic nitrogens is 2. The van der Waals surface area contributed by atoms with E-state index in [1.807, 2.05) is 0 Å². The maximum absolute atomic E-state index is 10.1. The monoisotopic (exact) mass is 350 g/mol. The molecule has 3 rings (SSSR count). The van der Waals surface area contributed by atoms with E-state index in [-0.39, 0.29) is 4.77 Å². The summed E-state index contributed by atoms with van der Waals surface area (Å²) < 4.78 is 7.29. The second kappa shape index (κ2) is 5.51. The van der Waals surface area contributed by atoms with Gasteiger partial charge < -0.3 is 25.0 Å². The van der Waals surface area contributed by atoms with Crippen LogP contribution in [0.3, 0.4) is 0 Å². The van der Waals surface area contributed by atoms with Gasteiger partial charge in [-0.3, -0.25) is 4.57 Å². The maximum Gasteiger partial charge on any atom is 0.180 e. The van der Waals surface area contributed by atoms with Crippen molar-refractivity contribution in [2.24, 2.45) is 0 Å². The number of fused-ring (bicyclic) bond motifs is 1. The predicted octanol–water partition coefficient (Wildman–Crippen LogP) is 1.62. The zero-order valence-corrected chi connectivity index (χ0v) is 12.9. The van der Waals surface area contributed by atoms with E-state index >= 15 is 0 Å². The molecule has 6 nitrogen and oxygen atoms in total. The molecule has 2 aromatic rings. The molecule has 0 spiro atoms. The van der Waals surface area contributed by atoms with Gasteiger partial charge in [0.15, 0.2) is 11.0 Å². The molecule has 2 heterocycles. The summed E-state index contributed by atoms with van der Waals surface area (Å²) in [6.07, 6.45) is -4.22. The van der Waals surface area contributed by atoms with Crippen molar-refractivity contribution < 1.29 is 20.1 Å². The number of ether oxygens (including phenoxy) is 1. The molecule has 21 heavy (non-hydrogen) atoms. The van der Waals surface area contributed by atoms with Gasteiger partial charge in [-0.25, -0.2) is 0 Å². The third-order valence-electron chi connectivity index (χ3n) is 3.53. The topological polar surface area (TPSA) is 90.6 Å². The van der Waals surface area contributed by atoms with Gasteiger partial charge in [-0.2, -0.15) is 0 Å². The van der Waals surface area contributed by atoms with E-state index in [4.69, 9.17) is 45.3 Å². The number of rotatable bonds is 2. The summed E-state index contributed by atoms with van der Waals surface area (Å²) in [5.41, 5.74) is 1.22. The van der Waals surface area contributed by atoms with Gasteiger partial charge in [0.25, 0.3) is 0 Å². The lowest BCUT2D eigenvalue weighted by atomic mass is 10.1. The van der Waals surface area contributed by atoms with Crippen LogP contribution < -0.4 is 0 Å². The molecule has 1 aliphatic rings. The van der Waals surface area contributed by atoms with E-state index in [0.29, 0.717) is 21.1 Å². The highest BCUT2D eigenvalue weighted by molar-refractivity contribution is 7.71. The minimum Gasteiger partial charge on any atom is -0.394 e. The average molecular weight is 351 g/mol. The van der Waals surface area contributed by atoms with Crippen molar-refractivity contribution in [1.29, 1.82) is 0 Å². The summed E-state index contributed by atoms with van der Waals surface area (Å²) in [6, 6.07) is 3.22. The lowest BCUT2D eigenvalue weighted by Crippen LogP contribution is -2.33. The summed E-state index contributed by atoms with van der Waals surface area (Å²) in [6.45, 7) is -0.406. The molecule has 1 aliphatic heterocycles. The van der Waals surface area contributed by atoms with Crippen LogP contribution in [0, 0.1) is 4.77 Å². The number of aliphatic hydroxyl groups is 3. The molecular formula is C12H12Cl2N2O4S.